The molecule has 0 saturated carbocycles. The van der Waals surface area contributed by atoms with E-state index in [-0.39, 0.29) is 6.54 Å². The summed E-state index contributed by atoms with van der Waals surface area (Å²) >= 11 is 9.14. The standard InChI is InChI=1S/C9H6BrClN2O2/c10-9-12-8-5(11)2-1-3-6(8)13(9)4-7(14)15/h1-3H,4H2,(H,14,15). The Balaban J connectivity index is 2.68. The maximum atomic E-state index is 10.6. The van der Waals surface area contributed by atoms with Crippen LogP contribution in [0.2, 0.25) is 5.02 Å². The van der Waals surface area contributed by atoms with Gasteiger partial charge < -0.3 is 9.67 Å². The number of carboxylic acids is 1. The summed E-state index contributed by atoms with van der Waals surface area (Å²) in [6, 6.07) is 5.26. The van der Waals surface area contributed by atoms with Crippen molar-refractivity contribution in [3.8, 4) is 0 Å². The van der Waals surface area contributed by atoms with E-state index < -0.39 is 5.97 Å². The lowest BCUT2D eigenvalue weighted by Crippen LogP contribution is -2.08. The monoisotopic (exact) mass is 288 g/mol. The van der Waals surface area contributed by atoms with Gasteiger partial charge in [-0.1, -0.05) is 17.7 Å². The molecule has 0 amide bonds. The van der Waals surface area contributed by atoms with E-state index in [2.05, 4.69) is 20.9 Å². The second-order valence-corrected chi connectivity index (χ2v) is 4.08. The zero-order chi connectivity index (χ0) is 11.0. The molecule has 1 heterocycles. The third kappa shape index (κ3) is 1.85. The van der Waals surface area contributed by atoms with Crippen molar-refractivity contribution >= 4 is 44.5 Å². The summed E-state index contributed by atoms with van der Waals surface area (Å²) < 4.78 is 2.01. The average Bonchev–Trinajstić information content (AvgIpc) is 2.45. The highest BCUT2D eigenvalue weighted by Crippen LogP contribution is 2.25. The molecule has 2 rings (SSSR count). The minimum absolute atomic E-state index is 0.141. The van der Waals surface area contributed by atoms with Crippen LogP contribution in [0.3, 0.4) is 0 Å². The van der Waals surface area contributed by atoms with E-state index in [1.165, 1.54) is 0 Å². The Morgan fingerprint density at radius 3 is 3.00 bits per heavy atom. The van der Waals surface area contributed by atoms with Crippen LogP contribution in [0.15, 0.2) is 22.9 Å². The van der Waals surface area contributed by atoms with E-state index >= 15 is 0 Å². The van der Waals surface area contributed by atoms with Crippen LogP contribution in [0.25, 0.3) is 11.0 Å². The molecule has 0 saturated heterocycles. The lowest BCUT2D eigenvalue weighted by atomic mass is 10.3. The van der Waals surface area contributed by atoms with Gasteiger partial charge in [-0.25, -0.2) is 4.98 Å². The number of fused-ring (bicyclic) bond motifs is 1. The molecule has 4 nitrogen and oxygen atoms in total. The number of halogens is 2. The largest absolute Gasteiger partial charge is 0.480 e. The number of hydrogen-bond acceptors (Lipinski definition) is 2. The van der Waals surface area contributed by atoms with Crippen LogP contribution in [-0.2, 0) is 11.3 Å². The second kappa shape index (κ2) is 3.83. The number of aliphatic carboxylic acids is 1. The Hall–Kier alpha value is -1.07. The van der Waals surface area contributed by atoms with Gasteiger partial charge in [-0.05, 0) is 28.1 Å². The predicted octanol–water partition coefficient (Wildman–Crippen LogP) is 2.54. The molecule has 6 heteroatoms. The molecular weight excluding hydrogens is 283 g/mol. The van der Waals surface area contributed by atoms with Crippen molar-refractivity contribution in [3.63, 3.8) is 0 Å². The van der Waals surface area contributed by atoms with E-state index in [9.17, 15) is 4.79 Å². The molecule has 0 aliphatic carbocycles. The summed E-state index contributed by atoms with van der Waals surface area (Å²) in [4.78, 5) is 14.8. The topological polar surface area (TPSA) is 55.1 Å². The van der Waals surface area contributed by atoms with E-state index in [0.717, 1.165) is 0 Å². The van der Waals surface area contributed by atoms with Crippen molar-refractivity contribution in [2.24, 2.45) is 0 Å². The van der Waals surface area contributed by atoms with E-state index in [1.807, 2.05) is 0 Å². The molecule has 0 fully saturated rings. The van der Waals surface area contributed by atoms with Gasteiger partial charge >= 0.3 is 5.97 Å². The first kappa shape index (κ1) is 10.4. The molecule has 0 spiro atoms. The molecule has 78 valence electrons. The van der Waals surface area contributed by atoms with Crippen molar-refractivity contribution in [1.29, 1.82) is 0 Å². The lowest BCUT2D eigenvalue weighted by molar-refractivity contribution is -0.137. The molecule has 1 N–H and O–H groups in total. The number of imidazole rings is 1. The highest BCUT2D eigenvalue weighted by molar-refractivity contribution is 9.10. The van der Waals surface area contributed by atoms with E-state index in [0.29, 0.717) is 20.8 Å². The summed E-state index contributed by atoms with van der Waals surface area (Å²) in [7, 11) is 0. The summed E-state index contributed by atoms with van der Waals surface area (Å²) in [5, 5.41) is 9.25. The van der Waals surface area contributed by atoms with Crippen molar-refractivity contribution < 1.29 is 9.90 Å². The number of nitrogens with zero attached hydrogens (tertiary/aromatic N) is 2. The minimum atomic E-state index is -0.921. The van der Waals surface area contributed by atoms with Crippen LogP contribution in [0.5, 0.6) is 0 Å². The van der Waals surface area contributed by atoms with Gasteiger partial charge in [0.2, 0.25) is 0 Å². The maximum absolute atomic E-state index is 10.6. The Morgan fingerprint density at radius 2 is 2.33 bits per heavy atom. The highest BCUT2D eigenvalue weighted by atomic mass is 79.9. The van der Waals surface area contributed by atoms with Crippen molar-refractivity contribution in [3.05, 3.63) is 28.0 Å². The number of carboxylic acid groups (broad SMARTS) is 1. The third-order valence-electron chi connectivity index (χ3n) is 1.98. The van der Waals surface area contributed by atoms with Crippen LogP contribution in [0, 0.1) is 0 Å². The number of carbonyl (C=O) groups is 1. The van der Waals surface area contributed by atoms with Crippen molar-refractivity contribution in [1.82, 2.24) is 9.55 Å². The Bertz CT molecular complexity index is 538. The Morgan fingerprint density at radius 1 is 1.60 bits per heavy atom. The SMILES string of the molecule is O=C(O)Cn1c(Br)nc2c(Cl)cccc21. The molecule has 0 radical (unpaired) electrons. The van der Waals surface area contributed by atoms with Gasteiger partial charge in [0.15, 0.2) is 4.73 Å². The number of benzene rings is 1. The van der Waals surface area contributed by atoms with Crippen LogP contribution in [0.1, 0.15) is 0 Å². The molecule has 15 heavy (non-hydrogen) atoms. The third-order valence-corrected chi connectivity index (χ3v) is 2.89. The van der Waals surface area contributed by atoms with Crippen molar-refractivity contribution in [2.45, 2.75) is 6.54 Å². The van der Waals surface area contributed by atoms with Gasteiger partial charge in [0.1, 0.15) is 12.1 Å². The molecule has 0 bridgehead atoms. The predicted molar refractivity (Wildman–Crippen MR) is 60.1 cm³/mol. The van der Waals surface area contributed by atoms with Gasteiger partial charge in [0.25, 0.3) is 0 Å². The second-order valence-electron chi connectivity index (χ2n) is 2.97. The zero-order valence-electron chi connectivity index (χ0n) is 7.44. The van der Waals surface area contributed by atoms with E-state index in [4.69, 9.17) is 16.7 Å². The van der Waals surface area contributed by atoms with Crippen LogP contribution in [0.4, 0.5) is 0 Å². The fraction of sp³-hybridized carbons (Fsp3) is 0.111. The van der Waals surface area contributed by atoms with Crippen LogP contribution >= 0.6 is 27.5 Å². The van der Waals surface area contributed by atoms with Gasteiger partial charge in [-0.2, -0.15) is 0 Å². The van der Waals surface area contributed by atoms with Crippen LogP contribution < -0.4 is 0 Å². The summed E-state index contributed by atoms with van der Waals surface area (Å²) in [6.07, 6.45) is 0. The summed E-state index contributed by atoms with van der Waals surface area (Å²) in [5.41, 5.74) is 1.31. The number of aromatic nitrogens is 2. The van der Waals surface area contributed by atoms with Gasteiger partial charge in [-0.3, -0.25) is 4.79 Å². The van der Waals surface area contributed by atoms with E-state index in [1.54, 1.807) is 22.8 Å². The van der Waals surface area contributed by atoms with Crippen LogP contribution in [-0.4, -0.2) is 20.6 Å². The molecule has 0 unspecified atom stereocenters. The van der Waals surface area contributed by atoms with Crippen molar-refractivity contribution in [2.75, 3.05) is 0 Å². The molecule has 0 aliphatic rings. The number of hydrogen-bond donors (Lipinski definition) is 1. The minimum Gasteiger partial charge on any atom is -0.480 e. The molecule has 0 atom stereocenters. The first-order chi connectivity index (χ1) is 7.09. The highest BCUT2D eigenvalue weighted by Gasteiger charge is 2.12. The molecule has 1 aromatic carbocycles. The first-order valence-electron chi connectivity index (χ1n) is 4.11. The lowest BCUT2D eigenvalue weighted by Gasteiger charge is -2.01. The van der Waals surface area contributed by atoms with Gasteiger partial charge in [0.05, 0.1) is 10.5 Å². The van der Waals surface area contributed by atoms with Gasteiger partial charge in [0, 0.05) is 0 Å². The van der Waals surface area contributed by atoms with Gasteiger partial charge in [-0.15, -0.1) is 0 Å². The Kier molecular flexibility index (Phi) is 2.67. The normalized spacial score (nSPS) is 10.8. The quantitative estimate of drug-likeness (QED) is 0.924. The molecule has 2 aromatic rings. The first-order valence-corrected chi connectivity index (χ1v) is 5.28. The average molecular weight is 290 g/mol. The number of para-hydroxylation sites is 1. The smallest absolute Gasteiger partial charge is 0.323 e. The molecule has 1 aromatic heterocycles. The fourth-order valence-electron chi connectivity index (χ4n) is 1.37. The molecule has 0 aliphatic heterocycles. The number of rotatable bonds is 2. The molecular formula is C9H6BrClN2O2. The summed E-state index contributed by atoms with van der Waals surface area (Å²) in [6.45, 7) is -0.141. The Labute approximate surface area is 98.6 Å². The maximum Gasteiger partial charge on any atom is 0.323 e. The zero-order valence-corrected chi connectivity index (χ0v) is 9.79. The fourth-order valence-corrected chi connectivity index (χ4v) is 2.08. The summed E-state index contributed by atoms with van der Waals surface area (Å²) in [5.74, 6) is -0.921.